The number of aliphatic carboxylic acids is 1. The summed E-state index contributed by atoms with van der Waals surface area (Å²) < 4.78 is 30.4. The van der Waals surface area contributed by atoms with Gasteiger partial charge in [-0.15, -0.1) is 0 Å². The van der Waals surface area contributed by atoms with Gasteiger partial charge in [0.15, 0.2) is 17.2 Å². The molecule has 11 nitrogen and oxygen atoms in total. The van der Waals surface area contributed by atoms with Crippen LogP contribution in [0.4, 0.5) is 4.39 Å². The van der Waals surface area contributed by atoms with Gasteiger partial charge in [0.25, 0.3) is 0 Å². The molecule has 6 rings (SSSR count). The molecule has 1 aliphatic rings. The highest BCUT2D eigenvalue weighted by molar-refractivity contribution is 5.85. The molecule has 2 aromatic carbocycles. The molecule has 5 aromatic rings. The Labute approximate surface area is 271 Å². The van der Waals surface area contributed by atoms with Crippen molar-refractivity contribution >= 4 is 23.2 Å². The standard InChI is InChI=1S/C35H34FN7O4/c1-2-42-23-38-19-27(42)20-43-33(40-31-9-7-26(39-35(31)43)8-11-34(44)45)21-41-14-12-28(13-15-41)47-29-5-3-4-25(16-29)22-46-32-10-6-24(18-37)17-30(32)36/h3-11,16-17,19,23,28H,2,12-15,20-22H2,1H3,(H,44,45)/b11-8+. The van der Waals surface area contributed by atoms with E-state index >= 15 is 0 Å². The van der Waals surface area contributed by atoms with Crippen molar-refractivity contribution in [1.29, 1.82) is 5.26 Å². The van der Waals surface area contributed by atoms with Crippen LogP contribution in [0.15, 0.2) is 73.2 Å². The second-order valence-corrected chi connectivity index (χ2v) is 11.3. The molecule has 4 heterocycles. The predicted octanol–water partition coefficient (Wildman–Crippen LogP) is 5.43. The van der Waals surface area contributed by atoms with E-state index in [1.165, 1.54) is 18.2 Å². The maximum atomic E-state index is 14.2. The number of nitrogens with zero attached hydrogens (tertiary/aromatic N) is 7. The number of hydrogen-bond acceptors (Lipinski definition) is 8. The number of ether oxygens (including phenoxy) is 2. The number of rotatable bonds is 12. The zero-order valence-corrected chi connectivity index (χ0v) is 25.9. The Hall–Kier alpha value is -5.54. The van der Waals surface area contributed by atoms with E-state index in [-0.39, 0.29) is 24.0 Å². The highest BCUT2D eigenvalue weighted by Gasteiger charge is 2.24. The van der Waals surface area contributed by atoms with Crippen molar-refractivity contribution < 1.29 is 23.8 Å². The normalized spacial score (nSPS) is 14.1. The fraction of sp³-hybridized carbons (Fsp3) is 0.286. The second-order valence-electron chi connectivity index (χ2n) is 11.3. The molecule has 1 saturated heterocycles. The third kappa shape index (κ3) is 7.65. The lowest BCUT2D eigenvalue weighted by Crippen LogP contribution is -2.38. The maximum absolute atomic E-state index is 14.2. The first-order chi connectivity index (χ1) is 22.9. The Morgan fingerprint density at radius 1 is 1.13 bits per heavy atom. The molecular weight excluding hydrogens is 601 g/mol. The summed E-state index contributed by atoms with van der Waals surface area (Å²) in [6.45, 7) is 5.84. The van der Waals surface area contributed by atoms with E-state index in [2.05, 4.69) is 25.9 Å². The van der Waals surface area contributed by atoms with Gasteiger partial charge in [-0.2, -0.15) is 5.26 Å². The molecule has 240 valence electrons. The van der Waals surface area contributed by atoms with Crippen molar-refractivity contribution in [2.24, 2.45) is 0 Å². The van der Waals surface area contributed by atoms with Crippen LogP contribution in [0.3, 0.4) is 0 Å². The minimum Gasteiger partial charge on any atom is -0.490 e. The Morgan fingerprint density at radius 3 is 2.74 bits per heavy atom. The molecule has 0 atom stereocenters. The van der Waals surface area contributed by atoms with Crippen LogP contribution in [-0.4, -0.2) is 59.3 Å². The van der Waals surface area contributed by atoms with Crippen LogP contribution in [-0.2, 0) is 31.0 Å². The SMILES string of the molecule is CCn1cncc1Cn1c(CN2CCC(Oc3cccc(COc4ccc(C#N)cc4F)c3)CC2)nc2ccc(/C=C/C(=O)O)nc21. The van der Waals surface area contributed by atoms with Crippen LogP contribution >= 0.6 is 0 Å². The lowest BCUT2D eigenvalue weighted by molar-refractivity contribution is -0.131. The first kappa shape index (κ1) is 31.4. The van der Waals surface area contributed by atoms with Gasteiger partial charge in [-0.1, -0.05) is 12.1 Å². The van der Waals surface area contributed by atoms with Crippen molar-refractivity contribution in [2.75, 3.05) is 13.1 Å². The molecule has 0 amide bonds. The number of nitriles is 1. The number of fused-ring (bicyclic) bond motifs is 1. The zero-order valence-electron chi connectivity index (χ0n) is 25.9. The van der Waals surface area contributed by atoms with E-state index in [0.29, 0.717) is 24.4 Å². The highest BCUT2D eigenvalue weighted by atomic mass is 19.1. The summed E-state index contributed by atoms with van der Waals surface area (Å²) in [6, 6.07) is 17.3. The third-order valence-corrected chi connectivity index (χ3v) is 8.10. The number of hydrogen-bond donors (Lipinski definition) is 1. The lowest BCUT2D eigenvalue weighted by Gasteiger charge is -2.32. The Balaban J connectivity index is 1.10. The summed E-state index contributed by atoms with van der Waals surface area (Å²) in [5, 5.41) is 18.0. The van der Waals surface area contributed by atoms with Gasteiger partial charge in [0.05, 0.1) is 42.4 Å². The quantitative estimate of drug-likeness (QED) is 0.178. The number of aryl methyl sites for hydroxylation is 1. The molecule has 12 heteroatoms. The number of carbonyl (C=O) groups is 1. The minimum atomic E-state index is -1.03. The average Bonchev–Trinajstić information content (AvgIpc) is 3.67. The second kappa shape index (κ2) is 14.3. The van der Waals surface area contributed by atoms with Crippen LogP contribution in [0.2, 0.25) is 0 Å². The van der Waals surface area contributed by atoms with Crippen molar-refractivity contribution in [1.82, 2.24) is 29.0 Å². The molecule has 0 aliphatic carbocycles. The minimum absolute atomic E-state index is 0.0429. The largest absolute Gasteiger partial charge is 0.490 e. The van der Waals surface area contributed by atoms with Crippen molar-refractivity contribution in [3.8, 4) is 17.6 Å². The first-order valence-electron chi connectivity index (χ1n) is 15.4. The van der Waals surface area contributed by atoms with Gasteiger partial charge in [0, 0.05) is 31.9 Å². The molecular formula is C35H34FN7O4. The molecule has 0 unspecified atom stereocenters. The van der Waals surface area contributed by atoms with E-state index in [1.54, 1.807) is 6.07 Å². The van der Waals surface area contributed by atoms with E-state index in [9.17, 15) is 9.18 Å². The Morgan fingerprint density at radius 2 is 1.98 bits per heavy atom. The molecule has 1 fully saturated rings. The van der Waals surface area contributed by atoms with Gasteiger partial charge in [-0.05, 0) is 73.9 Å². The van der Waals surface area contributed by atoms with E-state index < -0.39 is 11.8 Å². The van der Waals surface area contributed by atoms with E-state index in [1.807, 2.05) is 48.9 Å². The molecule has 0 radical (unpaired) electrons. The smallest absolute Gasteiger partial charge is 0.328 e. The zero-order chi connectivity index (χ0) is 32.8. The number of likely N-dealkylation sites (tertiary alicyclic amines) is 1. The Kier molecular flexibility index (Phi) is 9.54. The van der Waals surface area contributed by atoms with Gasteiger partial charge in [0.1, 0.15) is 29.8 Å². The number of carboxylic acids is 1. The fourth-order valence-electron chi connectivity index (χ4n) is 5.66. The third-order valence-electron chi connectivity index (χ3n) is 8.10. The molecule has 1 aliphatic heterocycles. The van der Waals surface area contributed by atoms with Crippen LogP contribution in [0.25, 0.3) is 17.2 Å². The number of aromatic nitrogens is 5. The number of carboxylic acid groups (broad SMARTS) is 1. The van der Waals surface area contributed by atoms with E-state index in [0.717, 1.165) is 73.0 Å². The van der Waals surface area contributed by atoms with Crippen LogP contribution in [0.5, 0.6) is 11.5 Å². The summed E-state index contributed by atoms with van der Waals surface area (Å²) in [7, 11) is 0. The van der Waals surface area contributed by atoms with Gasteiger partial charge in [0.2, 0.25) is 0 Å². The molecule has 0 bridgehead atoms. The molecule has 0 saturated carbocycles. The summed E-state index contributed by atoms with van der Waals surface area (Å²) in [5.74, 6) is 0.108. The monoisotopic (exact) mass is 635 g/mol. The van der Waals surface area contributed by atoms with Gasteiger partial charge in [-0.25, -0.2) is 24.1 Å². The van der Waals surface area contributed by atoms with Gasteiger partial charge >= 0.3 is 5.97 Å². The summed E-state index contributed by atoms with van der Waals surface area (Å²) in [6.07, 6.45) is 7.94. The van der Waals surface area contributed by atoms with Crippen molar-refractivity contribution in [3.05, 3.63) is 107 Å². The number of imidazole rings is 2. The molecule has 0 spiro atoms. The number of halogens is 1. The Bertz CT molecular complexity index is 1950. The topological polar surface area (TPSA) is 131 Å². The summed E-state index contributed by atoms with van der Waals surface area (Å²) >= 11 is 0. The number of pyridine rings is 1. The average molecular weight is 636 g/mol. The van der Waals surface area contributed by atoms with Gasteiger partial charge in [-0.3, -0.25) is 4.90 Å². The van der Waals surface area contributed by atoms with Crippen LogP contribution in [0.1, 0.15) is 48.1 Å². The lowest BCUT2D eigenvalue weighted by atomic mass is 10.1. The van der Waals surface area contributed by atoms with Crippen LogP contribution < -0.4 is 9.47 Å². The number of benzene rings is 2. The van der Waals surface area contributed by atoms with Gasteiger partial charge < -0.3 is 23.7 Å². The molecule has 3 aromatic heterocycles. The fourth-order valence-corrected chi connectivity index (χ4v) is 5.66. The van der Waals surface area contributed by atoms with Crippen LogP contribution in [0, 0.1) is 17.1 Å². The maximum Gasteiger partial charge on any atom is 0.328 e. The summed E-state index contributed by atoms with van der Waals surface area (Å²) in [4.78, 5) is 27.4. The predicted molar refractivity (Wildman–Crippen MR) is 172 cm³/mol. The molecule has 47 heavy (non-hydrogen) atoms. The number of piperidine rings is 1. The first-order valence-corrected chi connectivity index (χ1v) is 15.4. The summed E-state index contributed by atoms with van der Waals surface area (Å²) in [5.41, 5.74) is 4.12. The van der Waals surface area contributed by atoms with Crippen molar-refractivity contribution in [3.63, 3.8) is 0 Å². The van der Waals surface area contributed by atoms with E-state index in [4.69, 9.17) is 29.8 Å². The van der Waals surface area contributed by atoms with Crippen molar-refractivity contribution in [2.45, 2.75) is 52.1 Å². The highest BCUT2D eigenvalue weighted by Crippen LogP contribution is 2.25. The molecule has 1 N–H and O–H groups in total.